The maximum Gasteiger partial charge on any atom is 0.323 e. The van der Waals surface area contributed by atoms with Gasteiger partial charge in [0.1, 0.15) is 11.3 Å². The Morgan fingerprint density at radius 2 is 1.88 bits per heavy atom. The highest BCUT2D eigenvalue weighted by atomic mass is 16.2. The van der Waals surface area contributed by atoms with Gasteiger partial charge < -0.3 is 16.0 Å². The highest BCUT2D eigenvalue weighted by Crippen LogP contribution is 2.22. The summed E-state index contributed by atoms with van der Waals surface area (Å²) in [4.78, 5) is 21.4. The number of rotatable bonds is 8. The molecule has 0 aliphatic carbocycles. The third-order valence-corrected chi connectivity index (χ3v) is 5.05. The second-order valence-corrected chi connectivity index (χ2v) is 8.36. The molecular weight excluding hydrogens is 418 g/mol. The lowest BCUT2D eigenvalue weighted by Crippen LogP contribution is -2.19. The van der Waals surface area contributed by atoms with Crippen molar-refractivity contribution in [3.63, 3.8) is 0 Å². The Balaban J connectivity index is 1.38. The first-order valence-electron chi connectivity index (χ1n) is 11.1. The number of nitrogens with zero attached hydrogens (tertiary/aromatic N) is 6. The highest BCUT2D eigenvalue weighted by Gasteiger charge is 2.11. The molecule has 0 aliphatic heterocycles. The molecule has 172 valence electrons. The summed E-state index contributed by atoms with van der Waals surface area (Å²) < 4.78 is 3.63. The van der Waals surface area contributed by atoms with Gasteiger partial charge in [-0.05, 0) is 37.5 Å². The van der Waals surface area contributed by atoms with Crippen molar-refractivity contribution in [2.75, 3.05) is 16.0 Å². The van der Waals surface area contributed by atoms with Crippen molar-refractivity contribution in [3.05, 3.63) is 54.6 Å². The molecule has 4 aromatic rings. The average Bonchev–Trinajstić information content (AvgIpc) is 3.39. The lowest BCUT2D eigenvalue weighted by molar-refractivity contribution is 0.262. The molecule has 2 amide bonds. The number of urea groups is 1. The minimum Gasteiger partial charge on any atom is -0.362 e. The molecule has 3 N–H and O–H groups in total. The van der Waals surface area contributed by atoms with Gasteiger partial charge in [0, 0.05) is 25.0 Å². The molecular formula is C23H29N9O. The number of fused-ring (bicyclic) bond motifs is 1. The van der Waals surface area contributed by atoms with Crippen LogP contribution in [-0.4, -0.2) is 35.6 Å². The quantitative estimate of drug-likeness (QED) is 0.366. The van der Waals surface area contributed by atoms with Gasteiger partial charge in [0.25, 0.3) is 0 Å². The maximum absolute atomic E-state index is 12.4. The van der Waals surface area contributed by atoms with Crippen LogP contribution in [0.2, 0.25) is 0 Å². The Morgan fingerprint density at radius 3 is 2.67 bits per heavy atom. The van der Waals surface area contributed by atoms with Crippen LogP contribution < -0.4 is 16.0 Å². The third-order valence-electron chi connectivity index (χ3n) is 5.05. The smallest absolute Gasteiger partial charge is 0.323 e. The van der Waals surface area contributed by atoms with Gasteiger partial charge in [-0.25, -0.2) is 14.8 Å². The molecule has 0 saturated heterocycles. The minimum absolute atomic E-state index is 0.0518. The third kappa shape index (κ3) is 5.65. The standard InChI is InChI=1S/C23H29N9O/c1-5-31-14-20-22(30-31)29-21(11-24-20)26-16(4)17-7-6-8-18(9-17)27-23(33)28-19-10-25-32(13-19)12-15(2)3/h6-11,13-16H,5,12H2,1-4H3,(H,26,29,30)(H2,27,28,33)/t16-/m0/s1. The minimum atomic E-state index is -0.320. The van der Waals surface area contributed by atoms with Gasteiger partial charge in [-0.2, -0.15) is 10.2 Å². The first-order chi connectivity index (χ1) is 15.9. The Kier molecular flexibility index (Phi) is 6.53. The number of carbonyl (C=O) groups excluding carboxylic acids is 1. The van der Waals surface area contributed by atoms with Crippen LogP contribution in [0.4, 0.5) is 22.0 Å². The summed E-state index contributed by atoms with van der Waals surface area (Å²) in [6, 6.07) is 7.30. The normalized spacial score (nSPS) is 12.2. The lowest BCUT2D eigenvalue weighted by Gasteiger charge is -2.16. The summed E-state index contributed by atoms with van der Waals surface area (Å²) in [6.45, 7) is 9.86. The molecule has 3 heterocycles. The van der Waals surface area contributed by atoms with Crippen molar-refractivity contribution in [1.29, 1.82) is 0 Å². The zero-order valence-corrected chi connectivity index (χ0v) is 19.3. The Hall–Kier alpha value is -3.95. The molecule has 1 aromatic carbocycles. The molecule has 33 heavy (non-hydrogen) atoms. The van der Waals surface area contributed by atoms with E-state index in [0.29, 0.717) is 28.8 Å². The van der Waals surface area contributed by atoms with Gasteiger partial charge in [-0.3, -0.25) is 9.36 Å². The zero-order valence-electron chi connectivity index (χ0n) is 19.3. The molecule has 10 heteroatoms. The van der Waals surface area contributed by atoms with Crippen molar-refractivity contribution in [2.24, 2.45) is 5.92 Å². The molecule has 4 rings (SSSR count). The molecule has 0 bridgehead atoms. The Bertz CT molecular complexity index is 1240. The average molecular weight is 448 g/mol. The number of nitrogens with one attached hydrogen (secondary N) is 3. The van der Waals surface area contributed by atoms with E-state index in [4.69, 9.17) is 0 Å². The number of hydrogen-bond donors (Lipinski definition) is 3. The van der Waals surface area contributed by atoms with Crippen LogP contribution in [0.1, 0.15) is 39.3 Å². The summed E-state index contributed by atoms with van der Waals surface area (Å²) >= 11 is 0. The number of carbonyl (C=O) groups is 1. The van der Waals surface area contributed by atoms with Crippen LogP contribution in [0, 0.1) is 5.92 Å². The summed E-state index contributed by atoms with van der Waals surface area (Å²) in [5.41, 5.74) is 3.72. The van der Waals surface area contributed by atoms with E-state index in [1.165, 1.54) is 0 Å². The van der Waals surface area contributed by atoms with Gasteiger partial charge in [0.05, 0.1) is 30.3 Å². The number of hydrogen-bond acceptors (Lipinski definition) is 6. The summed E-state index contributed by atoms with van der Waals surface area (Å²) in [5, 5.41) is 17.7. The SMILES string of the molecule is CCn1cc2ncc(N[C@@H](C)c3cccc(NC(=O)Nc4cnn(CC(C)C)c4)c3)nc2n1. The topological polar surface area (TPSA) is 115 Å². The van der Waals surface area contributed by atoms with E-state index in [-0.39, 0.29) is 12.1 Å². The monoisotopic (exact) mass is 447 g/mol. The van der Waals surface area contributed by atoms with Crippen LogP contribution in [-0.2, 0) is 13.1 Å². The number of amides is 2. The van der Waals surface area contributed by atoms with Crippen molar-refractivity contribution >= 4 is 34.4 Å². The van der Waals surface area contributed by atoms with E-state index in [0.717, 1.165) is 24.2 Å². The van der Waals surface area contributed by atoms with Gasteiger partial charge in [-0.15, -0.1) is 0 Å². The molecule has 0 spiro atoms. The fraction of sp³-hybridized carbons (Fsp3) is 0.348. The zero-order chi connectivity index (χ0) is 23.4. The maximum atomic E-state index is 12.4. The molecule has 0 radical (unpaired) electrons. The van der Waals surface area contributed by atoms with Crippen LogP contribution in [0.5, 0.6) is 0 Å². The predicted octanol–water partition coefficient (Wildman–Crippen LogP) is 4.52. The summed E-state index contributed by atoms with van der Waals surface area (Å²) in [6.07, 6.45) is 7.05. The van der Waals surface area contributed by atoms with Crippen molar-refractivity contribution in [1.82, 2.24) is 29.5 Å². The molecule has 0 fully saturated rings. The first-order valence-corrected chi connectivity index (χ1v) is 11.1. The van der Waals surface area contributed by atoms with Crippen molar-refractivity contribution in [3.8, 4) is 0 Å². The summed E-state index contributed by atoms with van der Waals surface area (Å²) in [7, 11) is 0. The predicted molar refractivity (Wildman–Crippen MR) is 129 cm³/mol. The molecule has 1 atom stereocenters. The second kappa shape index (κ2) is 9.68. The van der Waals surface area contributed by atoms with Crippen molar-refractivity contribution < 1.29 is 4.79 Å². The van der Waals surface area contributed by atoms with E-state index in [2.05, 4.69) is 50.0 Å². The summed E-state index contributed by atoms with van der Waals surface area (Å²) in [5.74, 6) is 1.12. The first kappa shape index (κ1) is 22.3. The van der Waals surface area contributed by atoms with Crippen LogP contribution in [0.15, 0.2) is 49.1 Å². The van der Waals surface area contributed by atoms with Crippen LogP contribution in [0.25, 0.3) is 11.2 Å². The van der Waals surface area contributed by atoms with Gasteiger partial charge in [-0.1, -0.05) is 26.0 Å². The highest BCUT2D eigenvalue weighted by molar-refractivity contribution is 5.99. The van der Waals surface area contributed by atoms with E-state index < -0.39 is 0 Å². The van der Waals surface area contributed by atoms with Gasteiger partial charge in [0.2, 0.25) is 5.65 Å². The van der Waals surface area contributed by atoms with E-state index >= 15 is 0 Å². The second-order valence-electron chi connectivity index (χ2n) is 8.36. The largest absolute Gasteiger partial charge is 0.362 e. The molecule has 0 aliphatic rings. The fourth-order valence-corrected chi connectivity index (χ4v) is 3.46. The van der Waals surface area contributed by atoms with E-state index in [9.17, 15) is 4.79 Å². The van der Waals surface area contributed by atoms with E-state index in [1.807, 2.05) is 59.9 Å². The fourth-order valence-electron chi connectivity index (χ4n) is 3.46. The molecule has 10 nitrogen and oxygen atoms in total. The molecule has 0 unspecified atom stereocenters. The number of aryl methyl sites for hydroxylation is 1. The Labute approximate surface area is 192 Å². The number of anilines is 3. The van der Waals surface area contributed by atoms with Gasteiger partial charge in [0.15, 0.2) is 0 Å². The van der Waals surface area contributed by atoms with E-state index in [1.54, 1.807) is 12.4 Å². The number of aromatic nitrogens is 6. The molecule has 3 aromatic heterocycles. The van der Waals surface area contributed by atoms with Crippen LogP contribution in [0.3, 0.4) is 0 Å². The van der Waals surface area contributed by atoms with Crippen molar-refractivity contribution in [2.45, 2.75) is 46.8 Å². The number of benzene rings is 1. The lowest BCUT2D eigenvalue weighted by atomic mass is 10.1. The van der Waals surface area contributed by atoms with Crippen LogP contribution >= 0.6 is 0 Å². The van der Waals surface area contributed by atoms with Gasteiger partial charge >= 0.3 is 6.03 Å². The molecule has 0 saturated carbocycles. The Morgan fingerprint density at radius 1 is 1.06 bits per heavy atom.